The Morgan fingerprint density at radius 1 is 1.07 bits per heavy atom. The number of rotatable bonds is 9. The highest BCUT2D eigenvalue weighted by molar-refractivity contribution is 7.91. The Morgan fingerprint density at radius 2 is 1.80 bits per heavy atom. The van der Waals surface area contributed by atoms with Gasteiger partial charge >= 0.3 is 0 Å². The van der Waals surface area contributed by atoms with Gasteiger partial charge in [-0.3, -0.25) is 4.90 Å². The second-order valence-electron chi connectivity index (χ2n) is 10.9. The molecule has 3 aromatic heterocycles. The van der Waals surface area contributed by atoms with Gasteiger partial charge in [-0.05, 0) is 32.4 Å². The van der Waals surface area contributed by atoms with Gasteiger partial charge in [0, 0.05) is 73.6 Å². The second-order valence-corrected chi connectivity index (χ2v) is 14.4. The van der Waals surface area contributed by atoms with Gasteiger partial charge in [0.25, 0.3) is 0 Å². The number of ether oxygens (including phenoxy) is 2. The molecule has 10 nitrogen and oxygen atoms in total. The number of pyridine rings is 1. The minimum Gasteiger partial charge on any atom is -0.481 e. The molecule has 0 amide bonds. The van der Waals surface area contributed by atoms with Crippen LogP contribution in [0, 0.1) is 6.92 Å². The van der Waals surface area contributed by atoms with E-state index in [4.69, 9.17) is 19.4 Å². The highest BCUT2D eigenvalue weighted by Crippen LogP contribution is 2.39. The molecule has 3 aliphatic rings. The van der Waals surface area contributed by atoms with Crippen molar-refractivity contribution in [1.82, 2.24) is 24.8 Å². The first-order valence-electron chi connectivity index (χ1n) is 14.2. The second kappa shape index (κ2) is 11.5. The number of thiophene rings is 1. The van der Waals surface area contributed by atoms with Crippen molar-refractivity contribution < 1.29 is 17.9 Å². The number of morpholine rings is 1. The maximum Gasteiger partial charge on any atom is 0.226 e. The largest absolute Gasteiger partial charge is 0.481 e. The summed E-state index contributed by atoms with van der Waals surface area (Å²) in [6.07, 6.45) is 3.21. The third kappa shape index (κ3) is 5.69. The molecular weight excluding hydrogens is 548 g/mol. The third-order valence-corrected chi connectivity index (χ3v) is 11.5. The first-order valence-corrected chi connectivity index (χ1v) is 16.7. The van der Waals surface area contributed by atoms with Crippen molar-refractivity contribution in [3.63, 3.8) is 0 Å². The van der Waals surface area contributed by atoms with E-state index in [-0.39, 0.29) is 11.0 Å². The normalized spacial score (nSPS) is 19.4. The summed E-state index contributed by atoms with van der Waals surface area (Å²) in [6.45, 7) is 13.3. The summed E-state index contributed by atoms with van der Waals surface area (Å²) in [5.74, 6) is 0.953. The molecule has 5 heterocycles. The molecule has 12 heteroatoms. The van der Waals surface area contributed by atoms with E-state index in [0.29, 0.717) is 30.6 Å². The first-order chi connectivity index (χ1) is 19.4. The van der Waals surface area contributed by atoms with Crippen LogP contribution in [-0.2, 0) is 26.9 Å². The number of nitrogens with zero attached hydrogens (tertiary/aromatic N) is 6. The number of aryl methyl sites for hydroxylation is 1. The lowest BCUT2D eigenvalue weighted by atomic mass is 10.1. The molecule has 2 aliphatic heterocycles. The van der Waals surface area contributed by atoms with Crippen molar-refractivity contribution in [2.24, 2.45) is 0 Å². The van der Waals surface area contributed by atoms with Crippen LogP contribution in [0.3, 0.4) is 0 Å². The molecule has 1 saturated carbocycles. The molecule has 216 valence electrons. The smallest absolute Gasteiger partial charge is 0.226 e. The summed E-state index contributed by atoms with van der Waals surface area (Å²) in [5, 5.41) is -0.249. The van der Waals surface area contributed by atoms with E-state index in [2.05, 4.69) is 33.5 Å². The predicted octanol–water partition coefficient (Wildman–Crippen LogP) is 3.12. The van der Waals surface area contributed by atoms with Crippen LogP contribution in [0.25, 0.3) is 21.5 Å². The molecule has 0 spiro atoms. The van der Waals surface area contributed by atoms with Crippen LogP contribution in [0.2, 0.25) is 0 Å². The van der Waals surface area contributed by atoms with Crippen LogP contribution < -0.4 is 9.64 Å². The molecular formula is C28H38N6O4S2. The monoisotopic (exact) mass is 586 g/mol. The van der Waals surface area contributed by atoms with Gasteiger partial charge in [-0.15, -0.1) is 11.3 Å². The van der Waals surface area contributed by atoms with Gasteiger partial charge in [0.05, 0.1) is 47.2 Å². The van der Waals surface area contributed by atoms with Crippen LogP contribution in [0.1, 0.15) is 35.8 Å². The van der Waals surface area contributed by atoms with Gasteiger partial charge < -0.3 is 19.3 Å². The standard InChI is InChI=1S/C28H38N6O4S2/c1-4-32-7-9-33(10-8-32)17-23-19(2)39-26-24(30-28(31-25(23)26)34-11-13-38-14-12-34)20-15-21(27(37-3)29-16-20)18-40(35,36)22-5-6-22/h15-16,22H,4-14,17-18H2,1-3H3. The van der Waals surface area contributed by atoms with Crippen molar-refractivity contribution >= 4 is 37.3 Å². The summed E-state index contributed by atoms with van der Waals surface area (Å²) in [4.78, 5) is 23.2. The van der Waals surface area contributed by atoms with Crippen LogP contribution in [0.4, 0.5) is 5.95 Å². The Kier molecular flexibility index (Phi) is 7.97. The fourth-order valence-corrected chi connectivity index (χ4v) is 8.42. The number of fused-ring (bicyclic) bond motifs is 1. The number of piperazine rings is 1. The van der Waals surface area contributed by atoms with Crippen LogP contribution in [0.5, 0.6) is 5.88 Å². The topological polar surface area (TPSA) is 101 Å². The number of hydrogen-bond donors (Lipinski definition) is 0. The highest BCUT2D eigenvalue weighted by atomic mass is 32.2. The minimum absolute atomic E-state index is 0.0787. The average molecular weight is 587 g/mol. The average Bonchev–Trinajstić information content (AvgIpc) is 3.79. The molecule has 2 saturated heterocycles. The van der Waals surface area contributed by atoms with Gasteiger partial charge in [0.1, 0.15) is 0 Å². The van der Waals surface area contributed by atoms with E-state index < -0.39 is 9.84 Å². The minimum atomic E-state index is -3.25. The molecule has 0 radical (unpaired) electrons. The summed E-state index contributed by atoms with van der Waals surface area (Å²) >= 11 is 1.71. The Balaban J connectivity index is 1.43. The number of sulfone groups is 1. The van der Waals surface area contributed by atoms with Crippen LogP contribution in [0.15, 0.2) is 12.3 Å². The lowest BCUT2D eigenvalue weighted by Crippen LogP contribution is -2.45. The highest BCUT2D eigenvalue weighted by Gasteiger charge is 2.36. The molecule has 3 aromatic rings. The number of hydrogen-bond acceptors (Lipinski definition) is 11. The zero-order valence-corrected chi connectivity index (χ0v) is 25.2. The van der Waals surface area contributed by atoms with Crippen molar-refractivity contribution in [1.29, 1.82) is 0 Å². The van der Waals surface area contributed by atoms with E-state index >= 15 is 0 Å². The Bertz CT molecular complexity index is 1480. The lowest BCUT2D eigenvalue weighted by molar-refractivity contribution is 0.122. The SMILES string of the molecule is CCN1CCN(Cc2c(C)sc3c(-c4cnc(OC)c(CS(=O)(=O)C5CC5)c4)nc(N4CCOCC4)nc23)CC1. The molecule has 40 heavy (non-hydrogen) atoms. The number of anilines is 1. The summed E-state index contributed by atoms with van der Waals surface area (Å²) in [7, 11) is -1.71. The zero-order chi connectivity index (χ0) is 27.9. The Labute approximate surface area is 240 Å². The zero-order valence-electron chi connectivity index (χ0n) is 23.6. The van der Waals surface area contributed by atoms with Gasteiger partial charge in [0.15, 0.2) is 9.84 Å². The summed E-state index contributed by atoms with van der Waals surface area (Å²) in [5.41, 5.74) is 4.39. The van der Waals surface area contributed by atoms with Crippen LogP contribution >= 0.6 is 11.3 Å². The Morgan fingerprint density at radius 3 is 2.48 bits per heavy atom. The lowest BCUT2D eigenvalue weighted by Gasteiger charge is -2.34. The Hall–Kier alpha value is -2.38. The summed E-state index contributed by atoms with van der Waals surface area (Å²) < 4.78 is 37.9. The van der Waals surface area contributed by atoms with Crippen molar-refractivity contribution in [2.75, 3.05) is 71.0 Å². The van der Waals surface area contributed by atoms with E-state index in [1.807, 2.05) is 6.07 Å². The molecule has 0 aromatic carbocycles. The molecule has 0 atom stereocenters. The van der Waals surface area contributed by atoms with Gasteiger partial charge in [-0.1, -0.05) is 6.92 Å². The van der Waals surface area contributed by atoms with Crippen molar-refractivity contribution in [3.8, 4) is 17.1 Å². The van der Waals surface area contributed by atoms with Gasteiger partial charge in [-0.2, -0.15) is 0 Å². The van der Waals surface area contributed by atoms with E-state index in [0.717, 1.165) is 86.7 Å². The van der Waals surface area contributed by atoms with E-state index in [9.17, 15) is 8.42 Å². The van der Waals surface area contributed by atoms with Crippen molar-refractivity contribution in [2.45, 2.75) is 44.2 Å². The van der Waals surface area contributed by atoms with E-state index in [1.54, 1.807) is 17.5 Å². The molecule has 0 N–H and O–H groups in total. The maximum atomic E-state index is 12.9. The predicted molar refractivity (Wildman–Crippen MR) is 158 cm³/mol. The molecule has 6 rings (SSSR count). The third-order valence-electron chi connectivity index (χ3n) is 8.19. The molecule has 0 unspecified atom stereocenters. The summed E-state index contributed by atoms with van der Waals surface area (Å²) in [6, 6.07) is 1.90. The first kappa shape index (κ1) is 27.8. The number of likely N-dealkylation sites (N-methyl/N-ethyl adjacent to an activating group) is 1. The molecule has 1 aliphatic carbocycles. The fraction of sp³-hybridized carbons (Fsp3) is 0.607. The molecule has 3 fully saturated rings. The quantitative estimate of drug-likeness (QED) is 0.372. The van der Waals surface area contributed by atoms with Gasteiger partial charge in [-0.25, -0.2) is 23.4 Å². The number of methoxy groups -OCH3 is 1. The van der Waals surface area contributed by atoms with Crippen molar-refractivity contribution in [3.05, 3.63) is 28.3 Å². The van der Waals surface area contributed by atoms with Crippen LogP contribution in [-0.4, -0.2) is 105 Å². The molecule has 0 bridgehead atoms. The van der Waals surface area contributed by atoms with E-state index in [1.165, 1.54) is 17.6 Å². The fourth-order valence-electron chi connectivity index (χ4n) is 5.57. The number of aromatic nitrogens is 3. The maximum absolute atomic E-state index is 12.9. The van der Waals surface area contributed by atoms with Gasteiger partial charge in [0.2, 0.25) is 11.8 Å².